The number of amides is 1. The number of carbonyl (C=O) groups is 1. The molecule has 0 radical (unpaired) electrons. The number of nitrogens with zero attached hydrogens (tertiary/aromatic N) is 5. The zero-order valence-corrected chi connectivity index (χ0v) is 22.0. The molecule has 0 aliphatic carbocycles. The van der Waals surface area contributed by atoms with Gasteiger partial charge in [-0.2, -0.15) is 0 Å². The predicted octanol–water partition coefficient (Wildman–Crippen LogP) is 5.23. The van der Waals surface area contributed by atoms with Crippen LogP contribution in [0, 0.1) is 0 Å². The van der Waals surface area contributed by atoms with Crippen molar-refractivity contribution in [1.29, 1.82) is 0 Å². The topological polar surface area (TPSA) is 54.3 Å². The summed E-state index contributed by atoms with van der Waals surface area (Å²) in [6.45, 7) is 10.6. The highest BCUT2D eigenvalue weighted by Crippen LogP contribution is 2.24. The van der Waals surface area contributed by atoms with E-state index >= 15 is 0 Å². The molecule has 1 amide bonds. The Bertz CT molecular complexity index is 1070. The van der Waals surface area contributed by atoms with Crippen LogP contribution in [-0.2, 0) is 24.4 Å². The van der Waals surface area contributed by atoms with Gasteiger partial charge in [0, 0.05) is 12.1 Å². The molecule has 0 spiro atoms. The highest BCUT2D eigenvalue weighted by molar-refractivity contribution is 7.99. The van der Waals surface area contributed by atoms with E-state index in [2.05, 4.69) is 76.8 Å². The molecule has 2 aromatic carbocycles. The number of rotatable bonds is 9. The second-order valence-corrected chi connectivity index (χ2v) is 11.2. The third-order valence-electron chi connectivity index (χ3n) is 6.41. The van der Waals surface area contributed by atoms with Crippen molar-refractivity contribution in [3.05, 3.63) is 77.6 Å². The third-order valence-corrected chi connectivity index (χ3v) is 7.36. The van der Waals surface area contributed by atoms with Crippen molar-refractivity contribution in [2.45, 2.75) is 70.4 Å². The number of piperidine rings is 1. The monoisotopic (exact) mass is 491 g/mol. The molecular weight excluding hydrogens is 454 g/mol. The molecule has 2 heterocycles. The zero-order valence-electron chi connectivity index (χ0n) is 21.2. The van der Waals surface area contributed by atoms with Gasteiger partial charge in [-0.1, -0.05) is 78.8 Å². The van der Waals surface area contributed by atoms with Gasteiger partial charge in [0.15, 0.2) is 5.16 Å². The van der Waals surface area contributed by atoms with Crippen molar-refractivity contribution in [2.75, 3.05) is 18.8 Å². The minimum Gasteiger partial charge on any atom is -0.333 e. The highest BCUT2D eigenvalue weighted by Gasteiger charge is 2.27. The quantitative estimate of drug-likeness (QED) is 0.384. The molecule has 186 valence electrons. The van der Waals surface area contributed by atoms with E-state index in [0.29, 0.717) is 18.8 Å². The number of thioether (sulfide) groups is 1. The summed E-state index contributed by atoms with van der Waals surface area (Å²) in [4.78, 5) is 17.8. The smallest absolute Gasteiger partial charge is 0.233 e. The Labute approximate surface area is 213 Å². The summed E-state index contributed by atoms with van der Waals surface area (Å²) in [7, 11) is 0. The molecular formula is C28H37N5OS. The van der Waals surface area contributed by atoms with Crippen LogP contribution in [-0.4, -0.2) is 54.9 Å². The standard InChI is InChI=1S/C28H37N5OS/c1-28(2,3)33(20-24-15-9-5-10-16-24)26(34)22-35-27-30-29-25(21-31-17-11-6-12-18-31)32(27)19-23-13-7-4-8-14-23/h4-5,7-10,13-16H,6,11-12,17-22H2,1-3H3. The average Bonchev–Trinajstić information content (AvgIpc) is 3.23. The molecule has 4 rings (SSSR count). The van der Waals surface area contributed by atoms with Crippen LogP contribution in [0.5, 0.6) is 0 Å². The zero-order chi connectivity index (χ0) is 24.7. The molecule has 35 heavy (non-hydrogen) atoms. The largest absolute Gasteiger partial charge is 0.333 e. The van der Waals surface area contributed by atoms with Gasteiger partial charge < -0.3 is 9.47 Å². The lowest BCUT2D eigenvalue weighted by atomic mass is 10.0. The molecule has 0 N–H and O–H groups in total. The second-order valence-electron chi connectivity index (χ2n) is 10.2. The number of hydrogen-bond acceptors (Lipinski definition) is 5. The minimum atomic E-state index is -0.273. The van der Waals surface area contributed by atoms with Crippen molar-refractivity contribution in [1.82, 2.24) is 24.6 Å². The van der Waals surface area contributed by atoms with Gasteiger partial charge in [-0.3, -0.25) is 9.69 Å². The lowest BCUT2D eigenvalue weighted by Crippen LogP contribution is -2.45. The van der Waals surface area contributed by atoms with Crippen molar-refractivity contribution in [2.24, 2.45) is 0 Å². The maximum atomic E-state index is 13.4. The van der Waals surface area contributed by atoms with Crippen LogP contribution < -0.4 is 0 Å². The Balaban J connectivity index is 1.50. The van der Waals surface area contributed by atoms with Gasteiger partial charge in [-0.05, 0) is 57.8 Å². The Morgan fingerprint density at radius 2 is 1.51 bits per heavy atom. The van der Waals surface area contributed by atoms with E-state index in [1.54, 1.807) is 0 Å². The lowest BCUT2D eigenvalue weighted by Gasteiger charge is -2.36. The molecule has 6 nitrogen and oxygen atoms in total. The molecule has 1 aliphatic rings. The van der Waals surface area contributed by atoms with Gasteiger partial charge in [0.05, 0.1) is 18.8 Å². The van der Waals surface area contributed by atoms with Gasteiger partial charge in [0.25, 0.3) is 0 Å². The van der Waals surface area contributed by atoms with E-state index in [1.165, 1.54) is 36.6 Å². The SMILES string of the molecule is CC(C)(C)N(Cc1ccccc1)C(=O)CSc1nnc(CN2CCCCC2)n1Cc1ccccc1. The summed E-state index contributed by atoms with van der Waals surface area (Å²) in [5, 5.41) is 9.91. The predicted molar refractivity (Wildman–Crippen MR) is 142 cm³/mol. The molecule has 0 bridgehead atoms. The minimum absolute atomic E-state index is 0.109. The molecule has 1 aromatic heterocycles. The molecule has 7 heteroatoms. The number of likely N-dealkylation sites (tertiary alicyclic amines) is 1. The van der Waals surface area contributed by atoms with Gasteiger partial charge in [0.1, 0.15) is 5.82 Å². The average molecular weight is 492 g/mol. The molecule has 1 aliphatic heterocycles. The summed E-state index contributed by atoms with van der Waals surface area (Å²) < 4.78 is 2.19. The fourth-order valence-corrected chi connectivity index (χ4v) is 5.29. The highest BCUT2D eigenvalue weighted by atomic mass is 32.2. The van der Waals surface area contributed by atoms with Crippen LogP contribution in [0.2, 0.25) is 0 Å². The Kier molecular flexibility index (Phi) is 8.63. The molecule has 1 saturated heterocycles. The fraction of sp³-hybridized carbons (Fsp3) is 0.464. The Hall–Kier alpha value is -2.64. The third kappa shape index (κ3) is 7.18. The van der Waals surface area contributed by atoms with E-state index < -0.39 is 0 Å². The summed E-state index contributed by atoms with van der Waals surface area (Å²) in [6, 6.07) is 20.6. The lowest BCUT2D eigenvalue weighted by molar-refractivity contribution is -0.133. The van der Waals surface area contributed by atoms with E-state index in [0.717, 1.165) is 36.2 Å². The van der Waals surface area contributed by atoms with Crippen LogP contribution in [0.4, 0.5) is 0 Å². The molecule has 1 fully saturated rings. The first kappa shape index (κ1) is 25.5. The fourth-order valence-electron chi connectivity index (χ4n) is 4.45. The van der Waals surface area contributed by atoms with Crippen LogP contribution in [0.3, 0.4) is 0 Å². The maximum Gasteiger partial charge on any atom is 0.233 e. The van der Waals surface area contributed by atoms with Crippen LogP contribution in [0.15, 0.2) is 65.8 Å². The van der Waals surface area contributed by atoms with E-state index in [1.807, 2.05) is 29.2 Å². The normalized spacial score (nSPS) is 14.7. The molecule has 0 unspecified atom stereocenters. The van der Waals surface area contributed by atoms with Crippen molar-refractivity contribution < 1.29 is 4.79 Å². The number of benzene rings is 2. The number of hydrogen-bond donors (Lipinski definition) is 0. The van der Waals surface area contributed by atoms with E-state index in [-0.39, 0.29) is 11.4 Å². The van der Waals surface area contributed by atoms with Crippen LogP contribution in [0.25, 0.3) is 0 Å². The van der Waals surface area contributed by atoms with E-state index in [4.69, 9.17) is 0 Å². The van der Waals surface area contributed by atoms with Gasteiger partial charge in [-0.15, -0.1) is 10.2 Å². The Morgan fingerprint density at radius 3 is 2.14 bits per heavy atom. The first-order valence-electron chi connectivity index (χ1n) is 12.6. The van der Waals surface area contributed by atoms with Gasteiger partial charge in [0.2, 0.25) is 5.91 Å². The summed E-state index contributed by atoms with van der Waals surface area (Å²) in [6.07, 6.45) is 3.80. The van der Waals surface area contributed by atoms with Crippen molar-refractivity contribution in [3.8, 4) is 0 Å². The summed E-state index contributed by atoms with van der Waals surface area (Å²) >= 11 is 1.49. The van der Waals surface area contributed by atoms with Gasteiger partial charge >= 0.3 is 0 Å². The molecule has 0 saturated carbocycles. The summed E-state index contributed by atoms with van der Waals surface area (Å²) in [5.41, 5.74) is 2.07. The first-order valence-corrected chi connectivity index (χ1v) is 13.5. The number of carbonyl (C=O) groups excluding carboxylic acids is 1. The molecule has 3 aromatic rings. The molecule has 0 atom stereocenters. The first-order chi connectivity index (χ1) is 16.9. The van der Waals surface area contributed by atoms with Crippen LogP contribution in [0.1, 0.15) is 57.0 Å². The van der Waals surface area contributed by atoms with Crippen molar-refractivity contribution >= 4 is 17.7 Å². The summed E-state index contributed by atoms with van der Waals surface area (Å²) in [5.74, 6) is 1.42. The van der Waals surface area contributed by atoms with Crippen LogP contribution >= 0.6 is 11.8 Å². The number of aromatic nitrogens is 3. The maximum absolute atomic E-state index is 13.4. The van der Waals surface area contributed by atoms with E-state index in [9.17, 15) is 4.79 Å². The Morgan fingerprint density at radius 1 is 0.886 bits per heavy atom. The van der Waals surface area contributed by atoms with Gasteiger partial charge in [-0.25, -0.2) is 0 Å². The van der Waals surface area contributed by atoms with Crippen molar-refractivity contribution in [3.63, 3.8) is 0 Å². The second kappa shape index (κ2) is 11.9.